The average molecular weight is 662 g/mol. The summed E-state index contributed by atoms with van der Waals surface area (Å²) in [4.78, 5) is 37.7. The van der Waals surface area contributed by atoms with Gasteiger partial charge in [0, 0.05) is 30.1 Å². The van der Waals surface area contributed by atoms with Crippen LogP contribution in [0.5, 0.6) is 17.2 Å². The molecule has 0 amide bonds. The van der Waals surface area contributed by atoms with E-state index in [0.29, 0.717) is 35.0 Å². The van der Waals surface area contributed by atoms with E-state index in [2.05, 4.69) is 4.98 Å². The van der Waals surface area contributed by atoms with Crippen LogP contribution in [0.25, 0.3) is 22.3 Å². The Morgan fingerprint density at radius 1 is 0.854 bits per heavy atom. The maximum atomic E-state index is 11.8. The van der Waals surface area contributed by atoms with Crippen LogP contribution >= 0.6 is 11.6 Å². The Labute approximate surface area is 281 Å². The van der Waals surface area contributed by atoms with Gasteiger partial charge in [0.05, 0.1) is 21.1 Å². The van der Waals surface area contributed by atoms with Crippen LogP contribution in [0.15, 0.2) is 85.2 Å². The molecule has 5 aromatic rings. The van der Waals surface area contributed by atoms with Crippen LogP contribution in [-0.2, 0) is 18.0 Å². The monoisotopic (exact) mass is 661 g/mol. The van der Waals surface area contributed by atoms with E-state index in [1.165, 1.54) is 24.4 Å². The maximum absolute atomic E-state index is 11.8. The number of aromatic nitrogens is 1. The van der Waals surface area contributed by atoms with Gasteiger partial charge >= 0.3 is 5.69 Å². The highest BCUT2D eigenvalue weighted by atomic mass is 35.5. The summed E-state index contributed by atoms with van der Waals surface area (Å²) in [7, 11) is 0. The van der Waals surface area contributed by atoms with E-state index in [-0.39, 0.29) is 47.6 Å². The summed E-state index contributed by atoms with van der Waals surface area (Å²) in [6.45, 7) is 3.91. The molecule has 0 unspecified atom stereocenters. The number of nitro groups is 1. The van der Waals surface area contributed by atoms with Gasteiger partial charge in [0.2, 0.25) is 0 Å². The number of carbonyl (C=O) groups is 2. The van der Waals surface area contributed by atoms with E-state index in [9.17, 15) is 19.7 Å². The summed E-state index contributed by atoms with van der Waals surface area (Å²) >= 11 is 6.48. The second kappa shape index (κ2) is 15.0. The van der Waals surface area contributed by atoms with Gasteiger partial charge in [0.25, 0.3) is 0 Å². The van der Waals surface area contributed by atoms with Crippen molar-refractivity contribution < 1.29 is 28.7 Å². The van der Waals surface area contributed by atoms with Crippen molar-refractivity contribution in [3.8, 4) is 45.6 Å². The zero-order chi connectivity index (χ0) is 34.2. The summed E-state index contributed by atoms with van der Waals surface area (Å²) in [6.07, 6.45) is 4.21. The summed E-state index contributed by atoms with van der Waals surface area (Å²) in [5.74, 6) is 0.620. The first-order chi connectivity index (χ1) is 23.2. The number of hydrogen-bond acceptors (Lipinski definition) is 9. The van der Waals surface area contributed by atoms with Crippen LogP contribution in [0.1, 0.15) is 38.2 Å². The van der Waals surface area contributed by atoms with Crippen LogP contribution < -0.4 is 14.2 Å². The topological polar surface area (TPSA) is 142 Å². The predicted molar refractivity (Wildman–Crippen MR) is 179 cm³/mol. The molecule has 4 aromatic carbocycles. The van der Waals surface area contributed by atoms with Crippen LogP contribution in [-0.4, -0.2) is 29.1 Å². The Morgan fingerprint density at radius 3 is 2.31 bits per heavy atom. The van der Waals surface area contributed by atoms with Crippen molar-refractivity contribution in [1.82, 2.24) is 4.98 Å². The zero-order valence-electron chi connectivity index (χ0n) is 25.9. The molecule has 0 bridgehead atoms. The highest BCUT2D eigenvalue weighted by molar-refractivity contribution is 6.32. The summed E-state index contributed by atoms with van der Waals surface area (Å²) in [5.41, 5.74) is 7.18. The van der Waals surface area contributed by atoms with Crippen molar-refractivity contribution in [2.75, 3.05) is 6.61 Å². The number of aldehydes is 2. The molecule has 0 aliphatic heterocycles. The van der Waals surface area contributed by atoms with Crippen molar-refractivity contribution in [3.63, 3.8) is 0 Å². The third-order valence-electron chi connectivity index (χ3n) is 7.74. The molecule has 48 heavy (non-hydrogen) atoms. The Kier molecular flexibility index (Phi) is 10.4. The predicted octanol–water partition coefficient (Wildman–Crippen LogP) is 8.01. The first kappa shape index (κ1) is 33.3. The SMILES string of the molecule is Cc1c(COc2cc(OCc3cncc(C#N)c3)c(C=O)cc2Cl)cccc1-c1cccc(-c2ccc(OCC=O)c([N+](=O)[O-])c2)c1C. The quantitative estimate of drug-likeness (QED) is 0.0696. The number of ether oxygens (including phenoxy) is 3. The van der Waals surface area contributed by atoms with Crippen LogP contribution in [0.2, 0.25) is 5.02 Å². The largest absolute Gasteiger partial charge is 0.488 e. The number of pyridine rings is 1. The number of nitro benzene ring substituents is 1. The molecule has 0 radical (unpaired) electrons. The molecule has 0 saturated carbocycles. The van der Waals surface area contributed by atoms with E-state index in [1.54, 1.807) is 24.4 Å². The van der Waals surface area contributed by atoms with Gasteiger partial charge in [-0.3, -0.25) is 24.7 Å². The molecule has 0 atom stereocenters. The van der Waals surface area contributed by atoms with Gasteiger partial charge in [-0.2, -0.15) is 5.26 Å². The molecule has 240 valence electrons. The fourth-order valence-electron chi connectivity index (χ4n) is 5.27. The molecule has 0 N–H and O–H groups in total. The average Bonchev–Trinajstić information content (AvgIpc) is 3.10. The van der Waals surface area contributed by atoms with Gasteiger partial charge in [-0.1, -0.05) is 54.1 Å². The van der Waals surface area contributed by atoms with Gasteiger partial charge in [-0.25, -0.2) is 0 Å². The molecular formula is C37H28ClN3O7. The molecule has 0 aliphatic rings. The molecule has 0 aliphatic carbocycles. The number of benzene rings is 4. The Balaban J connectivity index is 1.40. The molecule has 0 saturated heterocycles. The molecule has 10 nitrogen and oxygen atoms in total. The number of rotatable bonds is 13. The van der Waals surface area contributed by atoms with Gasteiger partial charge in [0.1, 0.15) is 37.4 Å². The standard InChI is InChI=1S/C37H28ClN3O7/c1-23-28(22-48-37-16-36(29(20-43)14-33(37)38)47-21-26-13-25(17-39)18-40-19-26)5-3-7-31(23)32-8-4-6-30(24(32)2)27-9-10-35(46-12-11-42)34(15-27)41(44)45/h3-11,13-16,18-20H,12,21-22H2,1-2H3. The fourth-order valence-corrected chi connectivity index (χ4v) is 5.49. The molecule has 0 spiro atoms. The molecule has 11 heteroatoms. The number of nitriles is 1. The number of halogens is 1. The number of carbonyl (C=O) groups excluding carboxylic acids is 2. The molecule has 5 rings (SSSR count). The van der Waals surface area contributed by atoms with E-state index in [1.807, 2.05) is 56.3 Å². The van der Waals surface area contributed by atoms with E-state index in [4.69, 9.17) is 31.1 Å². The van der Waals surface area contributed by atoms with Crippen LogP contribution in [0.3, 0.4) is 0 Å². The highest BCUT2D eigenvalue weighted by Crippen LogP contribution is 2.38. The minimum atomic E-state index is -0.531. The van der Waals surface area contributed by atoms with Crippen molar-refractivity contribution in [2.24, 2.45) is 0 Å². The lowest BCUT2D eigenvalue weighted by Crippen LogP contribution is -2.03. The lowest BCUT2D eigenvalue weighted by molar-refractivity contribution is -0.385. The Bertz CT molecular complexity index is 2070. The number of hydrogen-bond donors (Lipinski definition) is 0. The summed E-state index contributed by atoms with van der Waals surface area (Å²) in [5, 5.41) is 21.1. The third kappa shape index (κ3) is 7.33. The maximum Gasteiger partial charge on any atom is 0.311 e. The minimum Gasteiger partial charge on any atom is -0.488 e. The van der Waals surface area contributed by atoms with Crippen molar-refractivity contribution >= 4 is 29.9 Å². The Morgan fingerprint density at radius 2 is 1.58 bits per heavy atom. The van der Waals surface area contributed by atoms with Crippen molar-refractivity contribution in [1.29, 1.82) is 5.26 Å². The van der Waals surface area contributed by atoms with Crippen molar-refractivity contribution in [2.45, 2.75) is 27.1 Å². The van der Waals surface area contributed by atoms with Crippen LogP contribution in [0.4, 0.5) is 5.69 Å². The summed E-state index contributed by atoms with van der Waals surface area (Å²) in [6, 6.07) is 23.1. The molecule has 0 fully saturated rings. The highest BCUT2D eigenvalue weighted by Gasteiger charge is 2.19. The minimum absolute atomic E-state index is 0.0236. The molecule has 1 heterocycles. The normalized spacial score (nSPS) is 10.5. The lowest BCUT2D eigenvalue weighted by atomic mass is 9.89. The summed E-state index contributed by atoms with van der Waals surface area (Å²) < 4.78 is 17.3. The van der Waals surface area contributed by atoms with Gasteiger partial charge in [-0.05, 0) is 71.0 Å². The van der Waals surface area contributed by atoms with Gasteiger partial charge in [0.15, 0.2) is 18.3 Å². The molecule has 1 aromatic heterocycles. The van der Waals surface area contributed by atoms with Gasteiger partial charge in [-0.15, -0.1) is 0 Å². The third-order valence-corrected chi connectivity index (χ3v) is 8.03. The van der Waals surface area contributed by atoms with Crippen LogP contribution in [0, 0.1) is 35.3 Å². The van der Waals surface area contributed by atoms with Crippen molar-refractivity contribution in [3.05, 3.63) is 134 Å². The second-order valence-electron chi connectivity index (χ2n) is 10.7. The first-order valence-corrected chi connectivity index (χ1v) is 15.0. The van der Waals surface area contributed by atoms with E-state index < -0.39 is 4.92 Å². The number of nitrogens with zero attached hydrogens (tertiary/aromatic N) is 3. The lowest BCUT2D eigenvalue weighted by Gasteiger charge is -2.17. The van der Waals surface area contributed by atoms with E-state index in [0.717, 1.165) is 33.4 Å². The van der Waals surface area contributed by atoms with Gasteiger partial charge < -0.3 is 14.2 Å². The molecular weight excluding hydrogens is 634 g/mol. The fraction of sp³-hybridized carbons (Fsp3) is 0.135. The smallest absolute Gasteiger partial charge is 0.311 e. The second-order valence-corrected chi connectivity index (χ2v) is 11.1. The Hall–Kier alpha value is -6.05. The van der Waals surface area contributed by atoms with E-state index >= 15 is 0 Å². The first-order valence-electron chi connectivity index (χ1n) is 14.7. The zero-order valence-corrected chi connectivity index (χ0v) is 26.7.